The topological polar surface area (TPSA) is 39.9 Å². The van der Waals surface area contributed by atoms with Gasteiger partial charge in [0.1, 0.15) is 0 Å². The number of hydrogen-bond acceptors (Lipinski definition) is 6. The molecule has 5 rings (SSSR count). The van der Waals surface area contributed by atoms with Gasteiger partial charge < -0.3 is 9.80 Å². The van der Waals surface area contributed by atoms with Crippen LogP contribution < -0.4 is 4.90 Å². The van der Waals surface area contributed by atoms with Gasteiger partial charge in [0.15, 0.2) is 0 Å². The number of anilines is 1. The Morgan fingerprint density at radius 1 is 1.11 bits per heavy atom. The highest BCUT2D eigenvalue weighted by atomic mass is 35.5. The van der Waals surface area contributed by atoms with Crippen LogP contribution in [0.25, 0.3) is 16.2 Å². The van der Waals surface area contributed by atoms with E-state index >= 15 is 0 Å². The minimum Gasteiger partial charge on any atom is -0.345 e. The molecule has 2 fully saturated rings. The fraction of sp³-hybridized carbons (Fsp3) is 0.500. The van der Waals surface area contributed by atoms with Crippen molar-refractivity contribution >= 4 is 33.0 Å². The van der Waals surface area contributed by atoms with Gasteiger partial charge in [-0.3, -0.25) is 4.90 Å². The lowest BCUT2D eigenvalue weighted by atomic mass is 10.2. The number of fused-ring (bicyclic) bond motifs is 1. The predicted molar refractivity (Wildman–Crippen MR) is 116 cm³/mol. The molecule has 28 heavy (non-hydrogen) atoms. The van der Waals surface area contributed by atoms with Gasteiger partial charge in [-0.05, 0) is 25.1 Å². The molecule has 2 aliphatic rings. The molecule has 2 aromatic heterocycles. The van der Waals surface area contributed by atoms with Crippen LogP contribution in [0.4, 0.5) is 5.13 Å². The third-order valence-corrected chi connectivity index (χ3v) is 7.21. The Bertz CT molecular complexity index is 912. The van der Waals surface area contributed by atoms with E-state index in [1.807, 2.05) is 35.0 Å². The number of hydrogen-bond donors (Lipinski definition) is 0. The molecule has 1 atom stereocenters. The van der Waals surface area contributed by atoms with Crippen molar-refractivity contribution in [1.29, 1.82) is 0 Å². The van der Waals surface area contributed by atoms with E-state index in [2.05, 4.69) is 21.6 Å². The van der Waals surface area contributed by atoms with Crippen LogP contribution in [0.5, 0.6) is 0 Å². The largest absolute Gasteiger partial charge is 0.345 e. The van der Waals surface area contributed by atoms with Crippen molar-refractivity contribution in [3.63, 3.8) is 0 Å². The lowest BCUT2D eigenvalue weighted by Crippen LogP contribution is -2.50. The number of imidazole rings is 1. The van der Waals surface area contributed by atoms with E-state index in [1.165, 1.54) is 39.1 Å². The van der Waals surface area contributed by atoms with Crippen LogP contribution in [-0.2, 0) is 0 Å². The molecule has 2 saturated heterocycles. The minimum atomic E-state index is 0.653. The standard InChI is InChI=1S/C20H25ClN6S/c1-2-24-9-11-25(12-10-24)17-7-8-26(13-17)20-23-27-14-18(22-19(27)28-20)15-3-5-16(21)6-4-15/h3-6,14,17H,2,7-13H2,1H3. The van der Waals surface area contributed by atoms with Gasteiger partial charge in [-0.25, -0.2) is 9.50 Å². The second kappa shape index (κ2) is 7.63. The van der Waals surface area contributed by atoms with Gasteiger partial charge in [-0.1, -0.05) is 42.0 Å². The van der Waals surface area contributed by atoms with Gasteiger partial charge in [0.05, 0.1) is 11.9 Å². The quantitative estimate of drug-likeness (QED) is 0.652. The molecule has 0 N–H and O–H groups in total. The minimum absolute atomic E-state index is 0.653. The lowest BCUT2D eigenvalue weighted by molar-refractivity contribution is 0.107. The normalized spacial score (nSPS) is 21.8. The first-order valence-electron chi connectivity index (χ1n) is 10.0. The molecule has 8 heteroatoms. The van der Waals surface area contributed by atoms with Crippen LogP contribution in [0.2, 0.25) is 5.02 Å². The average molecular weight is 417 g/mol. The summed E-state index contributed by atoms with van der Waals surface area (Å²) < 4.78 is 1.91. The zero-order chi connectivity index (χ0) is 19.1. The van der Waals surface area contributed by atoms with Gasteiger partial charge in [0, 0.05) is 55.9 Å². The van der Waals surface area contributed by atoms with E-state index in [0.29, 0.717) is 6.04 Å². The van der Waals surface area contributed by atoms with Crippen molar-refractivity contribution in [2.75, 3.05) is 50.7 Å². The summed E-state index contributed by atoms with van der Waals surface area (Å²) in [5.74, 6) is 0. The van der Waals surface area contributed by atoms with Gasteiger partial charge in [0.25, 0.3) is 0 Å². The van der Waals surface area contributed by atoms with Crippen LogP contribution in [0.3, 0.4) is 0 Å². The Balaban J connectivity index is 1.27. The third-order valence-electron chi connectivity index (χ3n) is 5.98. The molecule has 3 aromatic rings. The molecule has 1 aromatic carbocycles. The Morgan fingerprint density at radius 3 is 2.61 bits per heavy atom. The van der Waals surface area contributed by atoms with E-state index in [1.54, 1.807) is 11.3 Å². The van der Waals surface area contributed by atoms with Crippen molar-refractivity contribution in [3.05, 3.63) is 35.5 Å². The van der Waals surface area contributed by atoms with Crippen LogP contribution in [0.1, 0.15) is 13.3 Å². The maximum Gasteiger partial charge on any atom is 0.214 e. The summed E-state index contributed by atoms with van der Waals surface area (Å²) in [4.78, 5) is 13.3. The van der Waals surface area contributed by atoms with E-state index in [0.717, 1.165) is 39.5 Å². The summed E-state index contributed by atoms with van der Waals surface area (Å²) >= 11 is 7.67. The molecule has 4 heterocycles. The Hall–Kier alpha value is -1.67. The molecule has 1 unspecified atom stereocenters. The fourth-order valence-electron chi connectivity index (χ4n) is 4.24. The molecule has 0 radical (unpaired) electrons. The fourth-order valence-corrected chi connectivity index (χ4v) is 5.28. The second-order valence-electron chi connectivity index (χ2n) is 7.60. The first kappa shape index (κ1) is 18.4. The SMILES string of the molecule is CCN1CCN(C2CCN(c3nn4cc(-c5ccc(Cl)cc5)nc4s3)C2)CC1. The molecule has 2 aliphatic heterocycles. The zero-order valence-corrected chi connectivity index (χ0v) is 17.7. The number of halogens is 1. The monoisotopic (exact) mass is 416 g/mol. The third kappa shape index (κ3) is 3.52. The van der Waals surface area contributed by atoms with Gasteiger partial charge in [0.2, 0.25) is 10.1 Å². The number of benzene rings is 1. The summed E-state index contributed by atoms with van der Waals surface area (Å²) in [5.41, 5.74) is 2.01. The maximum atomic E-state index is 5.99. The van der Waals surface area contributed by atoms with E-state index in [9.17, 15) is 0 Å². The Labute approximate surface area is 174 Å². The first-order valence-corrected chi connectivity index (χ1v) is 11.2. The summed E-state index contributed by atoms with van der Waals surface area (Å²) in [5, 5.41) is 6.63. The molecule has 0 spiro atoms. The molecule has 0 amide bonds. The summed E-state index contributed by atoms with van der Waals surface area (Å²) in [6, 6.07) is 8.44. The van der Waals surface area contributed by atoms with Crippen molar-refractivity contribution in [1.82, 2.24) is 24.4 Å². The molecular weight excluding hydrogens is 392 g/mol. The van der Waals surface area contributed by atoms with E-state index < -0.39 is 0 Å². The van der Waals surface area contributed by atoms with Gasteiger partial charge in [-0.2, -0.15) is 0 Å². The highest BCUT2D eigenvalue weighted by Gasteiger charge is 2.31. The van der Waals surface area contributed by atoms with Crippen molar-refractivity contribution < 1.29 is 0 Å². The highest BCUT2D eigenvalue weighted by molar-refractivity contribution is 7.20. The van der Waals surface area contributed by atoms with Crippen molar-refractivity contribution in [2.24, 2.45) is 0 Å². The van der Waals surface area contributed by atoms with Gasteiger partial charge in [-0.15, -0.1) is 5.10 Å². The number of nitrogens with zero attached hydrogens (tertiary/aromatic N) is 6. The van der Waals surface area contributed by atoms with Crippen LogP contribution in [0.15, 0.2) is 30.5 Å². The highest BCUT2D eigenvalue weighted by Crippen LogP contribution is 2.30. The van der Waals surface area contributed by atoms with Crippen molar-refractivity contribution in [3.8, 4) is 11.3 Å². The smallest absolute Gasteiger partial charge is 0.214 e. The molecule has 0 bridgehead atoms. The summed E-state index contributed by atoms with van der Waals surface area (Å²) in [7, 11) is 0. The maximum absolute atomic E-state index is 5.99. The Morgan fingerprint density at radius 2 is 1.89 bits per heavy atom. The van der Waals surface area contributed by atoms with Crippen LogP contribution in [-0.4, -0.2) is 76.3 Å². The number of aromatic nitrogens is 3. The average Bonchev–Trinajstić information content (AvgIpc) is 3.43. The number of likely N-dealkylation sites (N-methyl/N-ethyl adjacent to an activating group) is 1. The van der Waals surface area contributed by atoms with Crippen LogP contribution >= 0.6 is 22.9 Å². The predicted octanol–water partition coefficient (Wildman–Crippen LogP) is 3.33. The van der Waals surface area contributed by atoms with Gasteiger partial charge >= 0.3 is 0 Å². The van der Waals surface area contributed by atoms with E-state index in [-0.39, 0.29) is 0 Å². The summed E-state index contributed by atoms with van der Waals surface area (Å²) in [6.07, 6.45) is 3.24. The molecular formula is C20H25ClN6S. The molecule has 6 nitrogen and oxygen atoms in total. The molecule has 0 aliphatic carbocycles. The van der Waals surface area contributed by atoms with Crippen molar-refractivity contribution in [2.45, 2.75) is 19.4 Å². The van der Waals surface area contributed by atoms with E-state index in [4.69, 9.17) is 21.7 Å². The zero-order valence-electron chi connectivity index (χ0n) is 16.1. The Kier molecular flexibility index (Phi) is 5.00. The molecule has 0 saturated carbocycles. The first-order chi connectivity index (χ1) is 13.7. The number of piperazine rings is 1. The second-order valence-corrected chi connectivity index (χ2v) is 8.97. The van der Waals surface area contributed by atoms with Crippen LogP contribution in [0, 0.1) is 0 Å². The summed E-state index contributed by atoms with van der Waals surface area (Å²) in [6.45, 7) is 10.4. The lowest BCUT2D eigenvalue weighted by Gasteiger charge is -2.37. The molecule has 148 valence electrons. The number of rotatable bonds is 4.